The number of thiazole rings is 1. The number of hydrogen-bond donors (Lipinski definition) is 2. The van der Waals surface area contributed by atoms with Gasteiger partial charge >= 0.3 is 0 Å². The van der Waals surface area contributed by atoms with Crippen molar-refractivity contribution in [2.75, 3.05) is 0 Å². The minimum atomic E-state index is 0.0761. The second-order valence-electron chi connectivity index (χ2n) is 5.50. The van der Waals surface area contributed by atoms with E-state index in [1.807, 2.05) is 35.7 Å². The van der Waals surface area contributed by atoms with Gasteiger partial charge in [-0.05, 0) is 19.3 Å². The molecule has 4 nitrogen and oxygen atoms in total. The van der Waals surface area contributed by atoms with Crippen LogP contribution >= 0.6 is 11.3 Å². The number of nitrogens with two attached hydrogens (primary N) is 1. The lowest BCUT2D eigenvalue weighted by atomic mass is 10.1. The summed E-state index contributed by atoms with van der Waals surface area (Å²) in [5.74, 6) is 0.185. The van der Waals surface area contributed by atoms with Crippen LogP contribution in [-0.4, -0.2) is 16.9 Å². The molecule has 1 aliphatic carbocycles. The van der Waals surface area contributed by atoms with Crippen LogP contribution in [0.15, 0.2) is 35.7 Å². The first-order valence-corrected chi connectivity index (χ1v) is 8.13. The number of benzene rings is 1. The minimum absolute atomic E-state index is 0.0761. The summed E-state index contributed by atoms with van der Waals surface area (Å²) in [5, 5.41) is 5.97. The fourth-order valence-electron chi connectivity index (χ4n) is 2.68. The molecular formula is C16H19N3OS. The standard InChI is InChI=1S/C16H19N3OS/c17-13-7-6-12(8-13)15(20)18-9-14-10-21-16(19-14)11-4-2-1-3-5-11/h1-5,10,12-13H,6-9,17H2,(H,18,20). The molecule has 0 saturated heterocycles. The zero-order chi connectivity index (χ0) is 14.7. The van der Waals surface area contributed by atoms with E-state index in [2.05, 4.69) is 10.3 Å². The van der Waals surface area contributed by atoms with Crippen LogP contribution in [0.3, 0.4) is 0 Å². The van der Waals surface area contributed by atoms with Crippen LogP contribution in [0, 0.1) is 5.92 Å². The average molecular weight is 301 g/mol. The van der Waals surface area contributed by atoms with Crippen molar-refractivity contribution >= 4 is 17.2 Å². The van der Waals surface area contributed by atoms with Crippen LogP contribution in [0.1, 0.15) is 25.0 Å². The monoisotopic (exact) mass is 301 g/mol. The van der Waals surface area contributed by atoms with Crippen molar-refractivity contribution < 1.29 is 4.79 Å². The first-order chi connectivity index (χ1) is 10.2. The molecular weight excluding hydrogens is 282 g/mol. The molecule has 1 amide bonds. The fraction of sp³-hybridized carbons (Fsp3) is 0.375. The van der Waals surface area contributed by atoms with Gasteiger partial charge in [-0.1, -0.05) is 30.3 Å². The lowest BCUT2D eigenvalue weighted by molar-refractivity contribution is -0.125. The summed E-state index contributed by atoms with van der Waals surface area (Å²) < 4.78 is 0. The summed E-state index contributed by atoms with van der Waals surface area (Å²) in [6.45, 7) is 0.494. The molecule has 1 saturated carbocycles. The van der Waals surface area contributed by atoms with Crippen molar-refractivity contribution in [2.45, 2.75) is 31.8 Å². The highest BCUT2D eigenvalue weighted by atomic mass is 32.1. The van der Waals surface area contributed by atoms with Gasteiger partial charge in [-0.2, -0.15) is 0 Å². The normalized spacial score (nSPS) is 21.4. The van der Waals surface area contributed by atoms with Gasteiger partial charge in [0.05, 0.1) is 12.2 Å². The van der Waals surface area contributed by atoms with Gasteiger partial charge in [-0.25, -0.2) is 4.98 Å². The predicted molar refractivity (Wildman–Crippen MR) is 84.7 cm³/mol. The van der Waals surface area contributed by atoms with Crippen LogP contribution in [-0.2, 0) is 11.3 Å². The molecule has 3 N–H and O–H groups in total. The van der Waals surface area contributed by atoms with E-state index in [4.69, 9.17) is 5.73 Å². The van der Waals surface area contributed by atoms with Crippen LogP contribution < -0.4 is 11.1 Å². The van der Waals surface area contributed by atoms with Gasteiger partial charge in [0.1, 0.15) is 5.01 Å². The van der Waals surface area contributed by atoms with Crippen molar-refractivity contribution in [3.05, 3.63) is 41.4 Å². The molecule has 0 radical (unpaired) electrons. The number of nitrogens with one attached hydrogen (secondary N) is 1. The van der Waals surface area contributed by atoms with Crippen LogP contribution in [0.2, 0.25) is 0 Å². The first-order valence-electron chi connectivity index (χ1n) is 7.25. The number of aromatic nitrogens is 1. The number of rotatable bonds is 4. The molecule has 0 bridgehead atoms. The molecule has 2 atom stereocenters. The summed E-state index contributed by atoms with van der Waals surface area (Å²) in [6.07, 6.45) is 2.66. The van der Waals surface area contributed by atoms with Gasteiger partial charge in [0.15, 0.2) is 0 Å². The largest absolute Gasteiger partial charge is 0.350 e. The molecule has 1 heterocycles. The van der Waals surface area contributed by atoms with Crippen molar-refractivity contribution in [3.63, 3.8) is 0 Å². The SMILES string of the molecule is NC1CCC(C(=O)NCc2csc(-c3ccccc3)n2)C1. The van der Waals surface area contributed by atoms with E-state index >= 15 is 0 Å². The highest BCUT2D eigenvalue weighted by Crippen LogP contribution is 2.25. The third-order valence-electron chi connectivity index (χ3n) is 3.86. The maximum absolute atomic E-state index is 12.0. The Morgan fingerprint density at radius 3 is 2.86 bits per heavy atom. The van der Waals surface area contributed by atoms with Crippen molar-refractivity contribution in [1.82, 2.24) is 10.3 Å². The quantitative estimate of drug-likeness (QED) is 0.912. The van der Waals surface area contributed by atoms with E-state index in [-0.39, 0.29) is 17.9 Å². The molecule has 1 aromatic heterocycles. The molecule has 1 fully saturated rings. The Bertz CT molecular complexity index is 611. The maximum atomic E-state index is 12.0. The number of carbonyl (C=O) groups is 1. The lowest BCUT2D eigenvalue weighted by Crippen LogP contribution is -2.30. The van der Waals surface area contributed by atoms with E-state index < -0.39 is 0 Å². The van der Waals surface area contributed by atoms with Crippen molar-refractivity contribution in [2.24, 2.45) is 11.7 Å². The Kier molecular flexibility index (Phi) is 4.31. The topological polar surface area (TPSA) is 68.0 Å². The first kappa shape index (κ1) is 14.2. The predicted octanol–water partition coefficient (Wildman–Crippen LogP) is 2.55. The smallest absolute Gasteiger partial charge is 0.223 e. The molecule has 110 valence electrons. The molecule has 1 aliphatic rings. The Balaban J connectivity index is 1.57. The maximum Gasteiger partial charge on any atom is 0.223 e. The van der Waals surface area contributed by atoms with Crippen LogP contribution in [0.25, 0.3) is 10.6 Å². The Hall–Kier alpha value is -1.72. The molecule has 3 rings (SSSR count). The zero-order valence-corrected chi connectivity index (χ0v) is 12.6. The third kappa shape index (κ3) is 3.49. The van der Waals surface area contributed by atoms with Gasteiger partial charge in [0.2, 0.25) is 5.91 Å². The van der Waals surface area contributed by atoms with Gasteiger partial charge < -0.3 is 11.1 Å². The van der Waals surface area contributed by atoms with E-state index in [9.17, 15) is 4.79 Å². The second kappa shape index (κ2) is 6.37. The van der Waals surface area contributed by atoms with Gasteiger partial charge in [-0.15, -0.1) is 11.3 Å². The van der Waals surface area contributed by atoms with Crippen LogP contribution in [0.5, 0.6) is 0 Å². The van der Waals surface area contributed by atoms with Crippen LogP contribution in [0.4, 0.5) is 0 Å². The van der Waals surface area contributed by atoms with Gasteiger partial charge in [0, 0.05) is 22.9 Å². The van der Waals surface area contributed by atoms with E-state index in [0.717, 1.165) is 35.5 Å². The van der Waals surface area contributed by atoms with Gasteiger partial charge in [-0.3, -0.25) is 4.79 Å². The zero-order valence-electron chi connectivity index (χ0n) is 11.8. The molecule has 21 heavy (non-hydrogen) atoms. The number of nitrogens with zero attached hydrogens (tertiary/aromatic N) is 1. The van der Waals surface area contributed by atoms with Crippen molar-refractivity contribution in [3.8, 4) is 10.6 Å². The Morgan fingerprint density at radius 1 is 1.33 bits per heavy atom. The molecule has 2 unspecified atom stereocenters. The van der Waals surface area contributed by atoms with E-state index in [1.54, 1.807) is 11.3 Å². The average Bonchev–Trinajstić information content (AvgIpc) is 3.15. The molecule has 5 heteroatoms. The highest BCUT2D eigenvalue weighted by molar-refractivity contribution is 7.13. The number of amides is 1. The lowest BCUT2D eigenvalue weighted by Gasteiger charge is -2.09. The minimum Gasteiger partial charge on any atom is -0.350 e. The molecule has 0 spiro atoms. The summed E-state index contributed by atoms with van der Waals surface area (Å²) in [4.78, 5) is 16.6. The highest BCUT2D eigenvalue weighted by Gasteiger charge is 2.27. The molecule has 0 aliphatic heterocycles. The Morgan fingerprint density at radius 2 is 2.14 bits per heavy atom. The summed E-state index contributed by atoms with van der Waals surface area (Å²) in [5.41, 5.74) is 7.87. The summed E-state index contributed by atoms with van der Waals surface area (Å²) >= 11 is 1.60. The summed E-state index contributed by atoms with van der Waals surface area (Å²) in [7, 11) is 0. The second-order valence-corrected chi connectivity index (χ2v) is 6.36. The van der Waals surface area contributed by atoms with Gasteiger partial charge in [0.25, 0.3) is 0 Å². The fourth-order valence-corrected chi connectivity index (χ4v) is 3.50. The third-order valence-corrected chi connectivity index (χ3v) is 4.80. The van der Waals surface area contributed by atoms with E-state index in [1.165, 1.54) is 0 Å². The molecule has 1 aromatic carbocycles. The van der Waals surface area contributed by atoms with Crippen molar-refractivity contribution in [1.29, 1.82) is 0 Å². The van der Waals surface area contributed by atoms with E-state index in [0.29, 0.717) is 6.54 Å². The molecule has 2 aromatic rings. The summed E-state index contributed by atoms with van der Waals surface area (Å²) in [6, 6.07) is 10.3. The number of hydrogen-bond acceptors (Lipinski definition) is 4. The Labute approximate surface area is 128 Å². The number of carbonyl (C=O) groups excluding carboxylic acids is 1.